The molecule has 2 nitrogen and oxygen atoms in total. The Balaban J connectivity index is 2.01. The molecule has 1 aromatic carbocycles. The molecule has 3 rings (SSSR count). The highest BCUT2D eigenvalue weighted by Crippen LogP contribution is 2.60. The molecule has 1 fully saturated rings. The van der Waals surface area contributed by atoms with E-state index in [1.54, 1.807) is 0 Å². The fourth-order valence-corrected chi connectivity index (χ4v) is 2.99. The minimum absolute atomic E-state index is 0.0802. The number of fused-ring (bicyclic) bond motifs is 1. The highest BCUT2D eigenvalue weighted by molar-refractivity contribution is 5.59. The van der Waals surface area contributed by atoms with Gasteiger partial charge < -0.3 is 10.6 Å². The SMILES string of the molecule is CN1CCc2cc(C3(N)CC3(C)C)ccc21. The van der Waals surface area contributed by atoms with Crippen molar-refractivity contribution in [3.05, 3.63) is 29.3 Å². The van der Waals surface area contributed by atoms with Gasteiger partial charge in [0.25, 0.3) is 0 Å². The average Bonchev–Trinajstić information content (AvgIpc) is 2.57. The van der Waals surface area contributed by atoms with Crippen LogP contribution in [0.15, 0.2) is 18.2 Å². The molecule has 86 valence electrons. The first-order valence-corrected chi connectivity index (χ1v) is 6.07. The molecule has 1 aliphatic heterocycles. The molecular formula is C14H20N2. The Labute approximate surface area is 97.4 Å². The van der Waals surface area contributed by atoms with Crippen LogP contribution in [0.1, 0.15) is 31.4 Å². The first-order valence-electron chi connectivity index (χ1n) is 6.07. The van der Waals surface area contributed by atoms with Crippen LogP contribution in [0.5, 0.6) is 0 Å². The third-order valence-corrected chi connectivity index (χ3v) is 4.53. The van der Waals surface area contributed by atoms with Gasteiger partial charge in [-0.2, -0.15) is 0 Å². The number of likely N-dealkylation sites (N-methyl/N-ethyl adjacent to an activating group) is 1. The van der Waals surface area contributed by atoms with Crippen molar-refractivity contribution >= 4 is 5.69 Å². The van der Waals surface area contributed by atoms with Crippen LogP contribution in [0.2, 0.25) is 0 Å². The molecular weight excluding hydrogens is 196 g/mol. The Morgan fingerprint density at radius 3 is 2.62 bits per heavy atom. The molecule has 2 heteroatoms. The van der Waals surface area contributed by atoms with Crippen molar-refractivity contribution in [3.63, 3.8) is 0 Å². The van der Waals surface area contributed by atoms with E-state index in [2.05, 4.69) is 44.0 Å². The summed E-state index contributed by atoms with van der Waals surface area (Å²) >= 11 is 0. The molecule has 1 atom stereocenters. The van der Waals surface area contributed by atoms with E-state index in [9.17, 15) is 0 Å². The minimum Gasteiger partial charge on any atom is -0.374 e. The van der Waals surface area contributed by atoms with Crippen molar-refractivity contribution < 1.29 is 0 Å². The smallest absolute Gasteiger partial charge is 0.0468 e. The number of benzene rings is 1. The zero-order chi connectivity index (χ0) is 11.6. The van der Waals surface area contributed by atoms with Gasteiger partial charge in [0.05, 0.1) is 0 Å². The summed E-state index contributed by atoms with van der Waals surface area (Å²) in [6.07, 6.45) is 2.27. The molecule has 0 spiro atoms. The van der Waals surface area contributed by atoms with Crippen molar-refractivity contribution in [2.75, 3.05) is 18.5 Å². The second-order valence-corrected chi connectivity index (χ2v) is 6.05. The quantitative estimate of drug-likeness (QED) is 0.780. The molecule has 0 amide bonds. The number of nitrogens with zero attached hydrogens (tertiary/aromatic N) is 1. The zero-order valence-electron chi connectivity index (χ0n) is 10.4. The molecule has 1 unspecified atom stereocenters. The Bertz CT molecular complexity index is 450. The average molecular weight is 216 g/mol. The van der Waals surface area contributed by atoms with E-state index in [-0.39, 0.29) is 11.0 Å². The van der Waals surface area contributed by atoms with Gasteiger partial charge in [0.15, 0.2) is 0 Å². The van der Waals surface area contributed by atoms with E-state index in [1.807, 2.05) is 0 Å². The van der Waals surface area contributed by atoms with Crippen LogP contribution in [-0.4, -0.2) is 13.6 Å². The van der Waals surface area contributed by atoms with Crippen molar-refractivity contribution in [3.8, 4) is 0 Å². The lowest BCUT2D eigenvalue weighted by atomic mass is 9.95. The van der Waals surface area contributed by atoms with Crippen LogP contribution in [0.3, 0.4) is 0 Å². The molecule has 2 aliphatic rings. The summed E-state index contributed by atoms with van der Waals surface area (Å²) < 4.78 is 0. The van der Waals surface area contributed by atoms with E-state index in [1.165, 1.54) is 16.8 Å². The molecule has 2 N–H and O–H groups in total. The summed E-state index contributed by atoms with van der Waals surface area (Å²) in [5.74, 6) is 0. The minimum atomic E-state index is -0.0802. The normalized spacial score (nSPS) is 30.4. The van der Waals surface area contributed by atoms with E-state index in [4.69, 9.17) is 5.73 Å². The largest absolute Gasteiger partial charge is 0.374 e. The van der Waals surface area contributed by atoms with Crippen molar-refractivity contribution in [1.29, 1.82) is 0 Å². The summed E-state index contributed by atoms with van der Waals surface area (Å²) in [5, 5.41) is 0. The van der Waals surface area contributed by atoms with Crippen LogP contribution in [0.4, 0.5) is 5.69 Å². The molecule has 1 saturated carbocycles. The molecule has 0 aromatic heterocycles. The van der Waals surface area contributed by atoms with Crippen molar-refractivity contribution in [1.82, 2.24) is 0 Å². The summed E-state index contributed by atoms with van der Waals surface area (Å²) in [7, 11) is 2.16. The van der Waals surface area contributed by atoms with Gasteiger partial charge in [-0.15, -0.1) is 0 Å². The van der Waals surface area contributed by atoms with Crippen LogP contribution in [0.25, 0.3) is 0 Å². The Kier molecular flexibility index (Phi) is 1.78. The van der Waals surface area contributed by atoms with Crippen molar-refractivity contribution in [2.24, 2.45) is 11.1 Å². The Morgan fingerprint density at radius 1 is 1.31 bits per heavy atom. The number of rotatable bonds is 1. The van der Waals surface area contributed by atoms with Crippen LogP contribution < -0.4 is 10.6 Å². The molecule has 1 heterocycles. The van der Waals surface area contributed by atoms with Gasteiger partial charge in [0, 0.05) is 24.8 Å². The Hall–Kier alpha value is -1.02. The first-order chi connectivity index (χ1) is 7.44. The lowest BCUT2D eigenvalue weighted by Gasteiger charge is -2.18. The monoisotopic (exact) mass is 216 g/mol. The number of hydrogen-bond donors (Lipinski definition) is 1. The Morgan fingerprint density at radius 2 is 2.00 bits per heavy atom. The van der Waals surface area contributed by atoms with Gasteiger partial charge in [-0.3, -0.25) is 0 Å². The number of anilines is 1. The third-order valence-electron chi connectivity index (χ3n) is 4.53. The predicted octanol–water partition coefficient (Wildman–Crippen LogP) is 2.26. The van der Waals surface area contributed by atoms with Gasteiger partial charge in [0.1, 0.15) is 0 Å². The summed E-state index contributed by atoms with van der Waals surface area (Å²) in [6, 6.07) is 6.78. The fourth-order valence-electron chi connectivity index (χ4n) is 2.99. The number of hydrogen-bond acceptors (Lipinski definition) is 2. The molecule has 0 radical (unpaired) electrons. The molecule has 1 aliphatic carbocycles. The molecule has 0 bridgehead atoms. The van der Waals surface area contributed by atoms with Gasteiger partial charge in [-0.1, -0.05) is 26.0 Å². The van der Waals surface area contributed by atoms with Gasteiger partial charge in [-0.25, -0.2) is 0 Å². The lowest BCUT2D eigenvalue weighted by Crippen LogP contribution is -2.25. The summed E-state index contributed by atoms with van der Waals surface area (Å²) in [6.45, 7) is 5.65. The second kappa shape index (κ2) is 2.80. The topological polar surface area (TPSA) is 29.3 Å². The first kappa shape index (κ1) is 10.2. The maximum Gasteiger partial charge on any atom is 0.0468 e. The molecule has 0 saturated heterocycles. The van der Waals surface area contributed by atoms with E-state index >= 15 is 0 Å². The standard InChI is InChI=1S/C14H20N2/c1-13(2)9-14(13,15)11-4-5-12-10(8-11)6-7-16(12)3/h4-5,8H,6-7,9,15H2,1-3H3. The molecule has 16 heavy (non-hydrogen) atoms. The predicted molar refractivity (Wildman–Crippen MR) is 67.7 cm³/mol. The van der Waals surface area contributed by atoms with E-state index in [0.717, 1.165) is 19.4 Å². The highest BCUT2D eigenvalue weighted by Gasteiger charge is 2.59. The van der Waals surface area contributed by atoms with Gasteiger partial charge in [0.2, 0.25) is 0 Å². The van der Waals surface area contributed by atoms with E-state index in [0.29, 0.717) is 0 Å². The fraction of sp³-hybridized carbons (Fsp3) is 0.571. The summed E-state index contributed by atoms with van der Waals surface area (Å²) in [4.78, 5) is 2.32. The van der Waals surface area contributed by atoms with Crippen molar-refractivity contribution in [2.45, 2.75) is 32.2 Å². The lowest BCUT2D eigenvalue weighted by molar-refractivity contribution is 0.510. The van der Waals surface area contributed by atoms with Crippen LogP contribution in [0, 0.1) is 5.41 Å². The van der Waals surface area contributed by atoms with Crippen LogP contribution in [-0.2, 0) is 12.0 Å². The number of nitrogens with two attached hydrogens (primary N) is 1. The maximum absolute atomic E-state index is 6.46. The third kappa shape index (κ3) is 1.17. The van der Waals surface area contributed by atoms with Gasteiger partial charge >= 0.3 is 0 Å². The van der Waals surface area contributed by atoms with E-state index < -0.39 is 0 Å². The summed E-state index contributed by atoms with van der Waals surface area (Å²) in [5.41, 5.74) is 10.8. The zero-order valence-corrected chi connectivity index (χ0v) is 10.4. The maximum atomic E-state index is 6.46. The molecule has 1 aromatic rings. The second-order valence-electron chi connectivity index (χ2n) is 6.05. The highest BCUT2D eigenvalue weighted by atomic mass is 15.1. The van der Waals surface area contributed by atoms with Gasteiger partial charge in [-0.05, 0) is 35.4 Å². The van der Waals surface area contributed by atoms with Crippen LogP contribution >= 0.6 is 0 Å².